The normalized spacial score (nSPS) is 34.8. The second kappa shape index (κ2) is 15.0. The quantitative estimate of drug-likeness (QED) is 0.104. The van der Waals surface area contributed by atoms with Crippen LogP contribution < -0.4 is 4.74 Å². The molecule has 10 atom stereocenters. The van der Waals surface area contributed by atoms with Crippen molar-refractivity contribution in [1.29, 1.82) is 0 Å². The number of rotatable bonds is 13. The van der Waals surface area contributed by atoms with Crippen LogP contribution in [0.3, 0.4) is 0 Å². The summed E-state index contributed by atoms with van der Waals surface area (Å²) in [5.74, 6) is 0.143. The summed E-state index contributed by atoms with van der Waals surface area (Å²) in [6.07, 6.45) is -12.8. The van der Waals surface area contributed by atoms with Crippen molar-refractivity contribution in [2.24, 2.45) is 5.92 Å². The van der Waals surface area contributed by atoms with E-state index in [1.54, 1.807) is 0 Å². The van der Waals surface area contributed by atoms with Crippen molar-refractivity contribution in [1.82, 2.24) is 0 Å². The van der Waals surface area contributed by atoms with Gasteiger partial charge in [0.2, 0.25) is 0 Å². The van der Waals surface area contributed by atoms with E-state index in [4.69, 9.17) is 23.7 Å². The summed E-state index contributed by atoms with van der Waals surface area (Å²) < 4.78 is 28.5. The molecule has 0 radical (unpaired) electrons. The van der Waals surface area contributed by atoms with Gasteiger partial charge in [0.05, 0.1) is 38.1 Å². The first kappa shape index (κ1) is 32.8. The fourth-order valence-electron chi connectivity index (χ4n) is 5.28. The number of aliphatic hydroxyl groups is 6. The molecular weight excluding hydrogens is 528 g/mol. The summed E-state index contributed by atoms with van der Waals surface area (Å²) in [6, 6.07) is 6.06. The van der Waals surface area contributed by atoms with Gasteiger partial charge in [0.15, 0.2) is 13.1 Å². The number of para-hydroxylation sites is 1. The molecule has 2 heterocycles. The van der Waals surface area contributed by atoms with Gasteiger partial charge in [-0.1, -0.05) is 45.9 Å². The van der Waals surface area contributed by atoms with E-state index in [0.29, 0.717) is 6.29 Å². The number of aliphatic hydroxyl groups excluding tert-OH is 6. The van der Waals surface area contributed by atoms with E-state index in [-0.39, 0.29) is 38.3 Å². The lowest BCUT2D eigenvalue weighted by Crippen LogP contribution is -2.67. The van der Waals surface area contributed by atoms with Gasteiger partial charge in [-0.05, 0) is 23.0 Å². The van der Waals surface area contributed by atoms with Crippen LogP contribution in [0.4, 0.5) is 0 Å². The van der Waals surface area contributed by atoms with E-state index in [9.17, 15) is 35.4 Å². The first-order chi connectivity index (χ1) is 19.0. The SMILES string of the molecule is CC(C)c1cccc(C(C)C)c1OCOCCOC1OC(CC=O)C(C2OC(CO)C(O)C(O)C2O)C(O)C1O. The van der Waals surface area contributed by atoms with Crippen molar-refractivity contribution in [3.8, 4) is 5.75 Å². The van der Waals surface area contributed by atoms with Crippen LogP contribution in [-0.4, -0.2) is 119 Å². The molecule has 40 heavy (non-hydrogen) atoms. The van der Waals surface area contributed by atoms with E-state index in [0.717, 1.165) is 16.9 Å². The molecule has 228 valence electrons. The van der Waals surface area contributed by atoms with Crippen molar-refractivity contribution in [3.05, 3.63) is 29.3 Å². The Kier molecular flexibility index (Phi) is 12.3. The van der Waals surface area contributed by atoms with Gasteiger partial charge < -0.3 is 59.1 Å². The van der Waals surface area contributed by atoms with E-state index in [2.05, 4.69) is 27.7 Å². The Bertz CT molecular complexity index is 898. The fraction of sp³-hybridized carbons (Fsp3) is 0.750. The summed E-state index contributed by atoms with van der Waals surface area (Å²) in [5.41, 5.74) is 2.16. The lowest BCUT2D eigenvalue weighted by molar-refractivity contribution is -0.321. The molecule has 2 saturated heterocycles. The lowest BCUT2D eigenvalue weighted by atomic mass is 9.78. The molecule has 1 aromatic carbocycles. The average molecular weight is 573 g/mol. The number of carbonyl (C=O) groups is 1. The minimum Gasteiger partial charge on any atom is -0.467 e. The number of ether oxygens (including phenoxy) is 5. The summed E-state index contributed by atoms with van der Waals surface area (Å²) in [6.45, 7) is 7.71. The Balaban J connectivity index is 1.57. The Morgan fingerprint density at radius 3 is 2.08 bits per heavy atom. The molecule has 12 heteroatoms. The van der Waals surface area contributed by atoms with Gasteiger partial charge in [-0.15, -0.1) is 0 Å². The highest BCUT2D eigenvalue weighted by Gasteiger charge is 2.55. The number of carbonyl (C=O) groups excluding carboxylic acids is 1. The number of hydrogen-bond acceptors (Lipinski definition) is 12. The summed E-state index contributed by atoms with van der Waals surface area (Å²) in [4.78, 5) is 11.4. The molecule has 1 aromatic rings. The van der Waals surface area contributed by atoms with Crippen LogP contribution in [-0.2, 0) is 23.7 Å². The predicted octanol–water partition coefficient (Wildman–Crippen LogP) is -0.203. The Hall–Kier alpha value is -1.71. The van der Waals surface area contributed by atoms with Crippen molar-refractivity contribution in [2.75, 3.05) is 26.6 Å². The van der Waals surface area contributed by atoms with Crippen LogP contribution >= 0.6 is 0 Å². The predicted molar refractivity (Wildman–Crippen MR) is 141 cm³/mol. The number of aldehydes is 1. The minimum absolute atomic E-state index is 0.0286. The largest absolute Gasteiger partial charge is 0.467 e. The van der Waals surface area contributed by atoms with Crippen LogP contribution in [0.15, 0.2) is 18.2 Å². The molecule has 0 aliphatic carbocycles. The van der Waals surface area contributed by atoms with Crippen LogP contribution in [0.2, 0.25) is 0 Å². The summed E-state index contributed by atoms with van der Waals surface area (Å²) in [7, 11) is 0. The Labute approximate surface area is 234 Å². The topological polar surface area (TPSA) is 185 Å². The zero-order valence-corrected chi connectivity index (χ0v) is 23.4. The molecule has 2 fully saturated rings. The molecule has 3 rings (SSSR count). The third-order valence-corrected chi connectivity index (χ3v) is 7.51. The van der Waals surface area contributed by atoms with Crippen LogP contribution in [0.25, 0.3) is 0 Å². The van der Waals surface area contributed by atoms with E-state index in [1.165, 1.54) is 0 Å². The first-order valence-electron chi connectivity index (χ1n) is 13.7. The molecule has 12 nitrogen and oxygen atoms in total. The smallest absolute Gasteiger partial charge is 0.189 e. The maximum absolute atomic E-state index is 11.4. The molecule has 0 aromatic heterocycles. The molecule has 2 aliphatic heterocycles. The standard InChI is InChI=1S/C28H44O12/c1-14(2)16-6-5-7-17(15(3)4)26(16)38-13-36-10-11-37-28-25(35)22(32)20(18(40-28)8-9-29)27-24(34)23(33)21(31)19(12-30)39-27/h5-7,9,14-15,18-25,27-28,30-35H,8,10-13H2,1-4H3. The maximum Gasteiger partial charge on any atom is 0.189 e. The first-order valence-corrected chi connectivity index (χ1v) is 13.7. The molecule has 0 spiro atoms. The van der Waals surface area contributed by atoms with Crippen LogP contribution in [0.5, 0.6) is 5.75 Å². The highest BCUT2D eigenvalue weighted by atomic mass is 16.7. The second-order valence-electron chi connectivity index (χ2n) is 10.9. The van der Waals surface area contributed by atoms with Crippen molar-refractivity contribution in [2.45, 2.75) is 101 Å². The number of benzene rings is 1. The van der Waals surface area contributed by atoms with Crippen molar-refractivity contribution >= 4 is 6.29 Å². The van der Waals surface area contributed by atoms with Gasteiger partial charge >= 0.3 is 0 Å². The monoisotopic (exact) mass is 572 g/mol. The highest BCUT2D eigenvalue weighted by molar-refractivity contribution is 5.50. The number of hydrogen-bond donors (Lipinski definition) is 6. The molecule has 0 saturated carbocycles. The van der Waals surface area contributed by atoms with Gasteiger partial charge in [0.1, 0.15) is 42.6 Å². The molecule has 0 amide bonds. The third kappa shape index (κ3) is 7.37. The van der Waals surface area contributed by atoms with Gasteiger partial charge in [0, 0.05) is 12.3 Å². The molecule has 10 unspecified atom stereocenters. The molecular formula is C28H44O12. The van der Waals surface area contributed by atoms with E-state index < -0.39 is 67.6 Å². The summed E-state index contributed by atoms with van der Waals surface area (Å²) >= 11 is 0. The van der Waals surface area contributed by atoms with Gasteiger partial charge in [0.25, 0.3) is 0 Å². The van der Waals surface area contributed by atoms with Crippen LogP contribution in [0, 0.1) is 5.92 Å². The second-order valence-corrected chi connectivity index (χ2v) is 10.9. The maximum atomic E-state index is 11.4. The lowest BCUT2D eigenvalue weighted by Gasteiger charge is -2.49. The van der Waals surface area contributed by atoms with Gasteiger partial charge in [-0.25, -0.2) is 0 Å². The van der Waals surface area contributed by atoms with Crippen LogP contribution in [0.1, 0.15) is 57.1 Å². The Morgan fingerprint density at radius 1 is 0.850 bits per heavy atom. The third-order valence-electron chi connectivity index (χ3n) is 7.51. The van der Waals surface area contributed by atoms with Gasteiger partial charge in [-0.3, -0.25) is 0 Å². The zero-order valence-electron chi connectivity index (χ0n) is 23.4. The molecule has 0 bridgehead atoms. The molecule has 6 N–H and O–H groups in total. The minimum atomic E-state index is -1.69. The highest BCUT2D eigenvalue weighted by Crippen LogP contribution is 2.37. The van der Waals surface area contributed by atoms with Crippen molar-refractivity contribution in [3.63, 3.8) is 0 Å². The zero-order chi connectivity index (χ0) is 29.6. The Morgan fingerprint density at radius 2 is 1.50 bits per heavy atom. The summed E-state index contributed by atoms with van der Waals surface area (Å²) in [5, 5.41) is 61.9. The van der Waals surface area contributed by atoms with Crippen molar-refractivity contribution < 1.29 is 59.1 Å². The van der Waals surface area contributed by atoms with E-state index in [1.807, 2.05) is 18.2 Å². The fourth-order valence-corrected chi connectivity index (χ4v) is 5.28. The molecule has 2 aliphatic rings. The van der Waals surface area contributed by atoms with Gasteiger partial charge in [-0.2, -0.15) is 0 Å². The average Bonchev–Trinajstić information content (AvgIpc) is 2.92. The van der Waals surface area contributed by atoms with E-state index >= 15 is 0 Å².